The molecule has 0 aromatic rings. The van der Waals surface area contributed by atoms with Gasteiger partial charge in [-0.3, -0.25) is 4.79 Å². The Morgan fingerprint density at radius 3 is 2.61 bits per heavy atom. The zero-order valence-corrected chi connectivity index (χ0v) is 16.2. The second kappa shape index (κ2) is 5.79. The van der Waals surface area contributed by atoms with E-state index in [4.69, 9.17) is 13.9 Å². The molecular formula is C18H30O4Si. The van der Waals surface area contributed by atoms with Crippen molar-refractivity contribution in [2.75, 3.05) is 13.7 Å². The molecule has 0 bridgehead atoms. The minimum absolute atomic E-state index is 0.0713. The Bertz CT molecular complexity index is 508. The maximum absolute atomic E-state index is 12.6. The molecule has 1 heterocycles. The minimum atomic E-state index is -1.97. The lowest BCUT2D eigenvalue weighted by Gasteiger charge is -2.47. The number of ether oxygens (including phenoxy) is 2. The van der Waals surface area contributed by atoms with Crippen molar-refractivity contribution in [3.8, 4) is 0 Å². The zero-order chi connectivity index (χ0) is 17.0. The van der Waals surface area contributed by atoms with Crippen molar-refractivity contribution in [3.63, 3.8) is 0 Å². The van der Waals surface area contributed by atoms with E-state index >= 15 is 0 Å². The van der Waals surface area contributed by atoms with E-state index in [1.54, 1.807) is 13.2 Å². The summed E-state index contributed by atoms with van der Waals surface area (Å²) in [5.74, 6) is 0.578. The summed E-state index contributed by atoms with van der Waals surface area (Å²) >= 11 is 0. The highest BCUT2D eigenvalue weighted by atomic mass is 28.4. The molecule has 2 fully saturated rings. The Morgan fingerprint density at radius 2 is 2.00 bits per heavy atom. The van der Waals surface area contributed by atoms with Crippen molar-refractivity contribution < 1.29 is 18.7 Å². The number of rotatable bonds is 4. The quantitative estimate of drug-likeness (QED) is 0.583. The summed E-state index contributed by atoms with van der Waals surface area (Å²) in [5.41, 5.74) is 0. The molecule has 0 aromatic heterocycles. The fourth-order valence-electron chi connectivity index (χ4n) is 3.89. The van der Waals surface area contributed by atoms with Crippen LogP contribution < -0.4 is 0 Å². The summed E-state index contributed by atoms with van der Waals surface area (Å²) in [6.45, 7) is 11.8. The number of carbonyl (C=O) groups is 1. The van der Waals surface area contributed by atoms with Crippen LogP contribution in [0.25, 0.3) is 0 Å². The van der Waals surface area contributed by atoms with Crippen molar-refractivity contribution in [1.29, 1.82) is 0 Å². The average Bonchev–Trinajstić information content (AvgIpc) is 3.21. The molecule has 0 radical (unpaired) electrons. The third-order valence-electron chi connectivity index (χ3n) is 6.26. The molecule has 130 valence electrons. The predicted octanol–water partition coefficient (Wildman–Crippen LogP) is 3.18. The normalized spacial score (nSPS) is 39.8. The first kappa shape index (κ1) is 17.3. The van der Waals surface area contributed by atoms with Crippen LogP contribution in [0.15, 0.2) is 12.2 Å². The summed E-state index contributed by atoms with van der Waals surface area (Å²) in [6, 6.07) is 0. The summed E-state index contributed by atoms with van der Waals surface area (Å²) < 4.78 is 18.2. The lowest BCUT2D eigenvalue weighted by Crippen LogP contribution is -2.56. The third kappa shape index (κ3) is 2.97. The van der Waals surface area contributed by atoms with Gasteiger partial charge < -0.3 is 13.9 Å². The molecule has 0 spiro atoms. The van der Waals surface area contributed by atoms with Crippen LogP contribution in [0.4, 0.5) is 0 Å². The Morgan fingerprint density at radius 1 is 1.30 bits per heavy atom. The van der Waals surface area contributed by atoms with E-state index in [9.17, 15) is 4.79 Å². The molecule has 2 aliphatic carbocycles. The van der Waals surface area contributed by atoms with E-state index in [0.717, 1.165) is 6.42 Å². The number of fused-ring (bicyclic) bond motifs is 3. The van der Waals surface area contributed by atoms with Crippen molar-refractivity contribution in [2.45, 2.75) is 63.6 Å². The molecule has 1 saturated carbocycles. The first-order chi connectivity index (χ1) is 10.7. The maximum atomic E-state index is 12.6. The SMILES string of the molecule is COC[C@H]1[C@H]2O[C@H]2[C@@H]2CC=CC(=O)[C@@H]2[C@@H]1O[Si](C)(C)C(C)(C)C. The molecule has 0 unspecified atom stereocenters. The Kier molecular flexibility index (Phi) is 4.37. The summed E-state index contributed by atoms with van der Waals surface area (Å²) in [4.78, 5) is 12.6. The van der Waals surface area contributed by atoms with Crippen LogP contribution in [0.1, 0.15) is 27.2 Å². The second-order valence-electron chi connectivity index (χ2n) is 8.76. The van der Waals surface area contributed by atoms with E-state index in [0.29, 0.717) is 6.61 Å². The van der Waals surface area contributed by atoms with Crippen LogP contribution in [-0.4, -0.2) is 46.1 Å². The van der Waals surface area contributed by atoms with E-state index < -0.39 is 8.32 Å². The maximum Gasteiger partial charge on any atom is 0.192 e. The van der Waals surface area contributed by atoms with Gasteiger partial charge in [-0.1, -0.05) is 26.8 Å². The first-order valence-electron chi connectivity index (χ1n) is 8.70. The summed E-state index contributed by atoms with van der Waals surface area (Å²) in [7, 11) is -0.250. The van der Waals surface area contributed by atoms with Gasteiger partial charge in [-0.25, -0.2) is 0 Å². The number of allylic oxidation sites excluding steroid dienone is 2. The van der Waals surface area contributed by atoms with E-state index in [2.05, 4.69) is 33.9 Å². The third-order valence-corrected chi connectivity index (χ3v) is 10.7. The van der Waals surface area contributed by atoms with Crippen LogP contribution >= 0.6 is 0 Å². The smallest absolute Gasteiger partial charge is 0.192 e. The summed E-state index contributed by atoms with van der Waals surface area (Å²) in [5, 5.41) is 0.120. The molecule has 0 N–H and O–H groups in total. The van der Waals surface area contributed by atoms with Crippen LogP contribution in [0.3, 0.4) is 0 Å². The van der Waals surface area contributed by atoms with Gasteiger partial charge in [0.1, 0.15) is 0 Å². The zero-order valence-electron chi connectivity index (χ0n) is 15.2. The van der Waals surface area contributed by atoms with Gasteiger partial charge in [-0.05, 0) is 30.6 Å². The summed E-state index contributed by atoms with van der Waals surface area (Å²) in [6.07, 6.45) is 5.01. The average molecular weight is 339 g/mol. The monoisotopic (exact) mass is 338 g/mol. The standard InChI is InChI=1S/C18H30O4Si/c1-18(2,3)23(5,6)22-15-12(10-20-4)17-16(21-17)11-8-7-9-13(19)14(11)15/h7,9,11-12,14-17H,8,10H2,1-6H3/t11-,12-,14-,15-,16+,17-/m1/s1. The highest BCUT2D eigenvalue weighted by Crippen LogP contribution is 2.53. The number of hydrogen-bond donors (Lipinski definition) is 0. The van der Waals surface area contributed by atoms with Crippen LogP contribution in [0.2, 0.25) is 18.1 Å². The van der Waals surface area contributed by atoms with Crippen molar-refractivity contribution in [3.05, 3.63) is 12.2 Å². The van der Waals surface area contributed by atoms with E-state index in [1.165, 1.54) is 0 Å². The van der Waals surface area contributed by atoms with E-state index in [1.807, 2.05) is 6.08 Å². The van der Waals surface area contributed by atoms with Gasteiger partial charge in [-0.2, -0.15) is 0 Å². The van der Waals surface area contributed by atoms with Gasteiger partial charge in [0, 0.05) is 18.9 Å². The molecule has 1 aliphatic heterocycles. The molecule has 5 heteroatoms. The second-order valence-corrected chi connectivity index (χ2v) is 13.5. The highest BCUT2D eigenvalue weighted by Gasteiger charge is 2.63. The van der Waals surface area contributed by atoms with Crippen molar-refractivity contribution in [1.82, 2.24) is 0 Å². The largest absolute Gasteiger partial charge is 0.413 e. The van der Waals surface area contributed by atoms with Crippen LogP contribution in [-0.2, 0) is 18.7 Å². The van der Waals surface area contributed by atoms with Gasteiger partial charge in [0.05, 0.1) is 30.8 Å². The number of epoxide rings is 1. The fourth-order valence-corrected chi connectivity index (χ4v) is 5.25. The fraction of sp³-hybridized carbons (Fsp3) is 0.833. The molecule has 23 heavy (non-hydrogen) atoms. The lowest BCUT2D eigenvalue weighted by molar-refractivity contribution is -0.128. The molecule has 3 rings (SSSR count). The van der Waals surface area contributed by atoms with Crippen LogP contribution in [0, 0.1) is 17.8 Å². The molecule has 0 amide bonds. The predicted molar refractivity (Wildman–Crippen MR) is 91.8 cm³/mol. The molecular weight excluding hydrogens is 308 g/mol. The highest BCUT2D eigenvalue weighted by molar-refractivity contribution is 6.74. The number of carbonyl (C=O) groups excluding carboxylic acids is 1. The number of ketones is 1. The van der Waals surface area contributed by atoms with Gasteiger partial charge in [0.25, 0.3) is 0 Å². The Balaban J connectivity index is 1.91. The van der Waals surface area contributed by atoms with Gasteiger partial charge in [0.15, 0.2) is 14.1 Å². The lowest BCUT2D eigenvalue weighted by atomic mass is 9.67. The molecule has 0 aromatic carbocycles. The van der Waals surface area contributed by atoms with Gasteiger partial charge >= 0.3 is 0 Å². The Hall–Kier alpha value is -0.493. The van der Waals surface area contributed by atoms with Crippen molar-refractivity contribution >= 4 is 14.1 Å². The van der Waals surface area contributed by atoms with Gasteiger partial charge in [0.2, 0.25) is 0 Å². The minimum Gasteiger partial charge on any atom is -0.413 e. The number of methoxy groups -OCH3 is 1. The van der Waals surface area contributed by atoms with Gasteiger partial charge in [-0.15, -0.1) is 0 Å². The molecule has 4 nitrogen and oxygen atoms in total. The van der Waals surface area contributed by atoms with E-state index in [-0.39, 0.29) is 46.9 Å². The molecule has 1 saturated heterocycles. The molecule has 3 aliphatic rings. The Labute approximate surface area is 140 Å². The number of hydrogen-bond acceptors (Lipinski definition) is 4. The molecule has 6 atom stereocenters. The topological polar surface area (TPSA) is 48.1 Å². The van der Waals surface area contributed by atoms with Crippen LogP contribution in [0.5, 0.6) is 0 Å². The first-order valence-corrected chi connectivity index (χ1v) is 11.6. The van der Waals surface area contributed by atoms with Crippen molar-refractivity contribution in [2.24, 2.45) is 17.8 Å².